The molecule has 0 aliphatic carbocycles. The Balaban J connectivity index is 1.93. The highest BCUT2D eigenvalue weighted by Crippen LogP contribution is 2.19. The lowest BCUT2D eigenvalue weighted by atomic mass is 10.1. The van der Waals surface area contributed by atoms with Crippen molar-refractivity contribution in [3.05, 3.63) is 58.9 Å². The van der Waals surface area contributed by atoms with Gasteiger partial charge in [-0.1, -0.05) is 30.7 Å². The van der Waals surface area contributed by atoms with Crippen molar-refractivity contribution in [2.75, 3.05) is 0 Å². The van der Waals surface area contributed by atoms with Gasteiger partial charge in [0, 0.05) is 29.4 Å². The van der Waals surface area contributed by atoms with Crippen LogP contribution >= 0.6 is 11.6 Å². The third kappa shape index (κ3) is 4.73. The zero-order chi connectivity index (χ0) is 15.2. The minimum atomic E-state index is -0.121. The molecule has 1 aromatic heterocycles. The summed E-state index contributed by atoms with van der Waals surface area (Å²) in [6, 6.07) is 11.4. The minimum Gasteiger partial charge on any atom is -0.489 e. The van der Waals surface area contributed by atoms with E-state index in [0.29, 0.717) is 11.4 Å². The number of ether oxygens (including phenoxy) is 1. The summed E-state index contributed by atoms with van der Waals surface area (Å²) in [5.74, 6) is 0.736. The third-order valence-corrected chi connectivity index (χ3v) is 3.70. The minimum absolute atomic E-state index is 0.115. The standard InChI is InChI=1S/C17H21ClN2O/c1-3-13-7-8-15(20-11-13)10-17(19)12(2)21-16-6-4-5-14(18)9-16/h4-9,11-12,17H,3,10,19H2,1-2H3. The number of aryl methyl sites for hydroxylation is 1. The number of pyridine rings is 1. The molecule has 3 nitrogen and oxygen atoms in total. The first kappa shape index (κ1) is 15.8. The molecule has 2 aromatic rings. The summed E-state index contributed by atoms with van der Waals surface area (Å²) in [7, 11) is 0. The van der Waals surface area contributed by atoms with Crippen LogP contribution in [0.5, 0.6) is 5.75 Å². The average molecular weight is 305 g/mol. The molecule has 1 heterocycles. The van der Waals surface area contributed by atoms with E-state index in [1.165, 1.54) is 5.56 Å². The molecule has 4 heteroatoms. The predicted octanol–water partition coefficient (Wildman–Crippen LogP) is 3.63. The summed E-state index contributed by atoms with van der Waals surface area (Å²) in [5, 5.41) is 0.657. The Bertz CT molecular complexity index is 571. The number of benzene rings is 1. The van der Waals surface area contributed by atoms with E-state index < -0.39 is 0 Å². The molecule has 2 N–H and O–H groups in total. The molecule has 2 atom stereocenters. The summed E-state index contributed by atoms with van der Waals surface area (Å²) in [4.78, 5) is 4.44. The van der Waals surface area contributed by atoms with Crippen LogP contribution in [0.3, 0.4) is 0 Å². The van der Waals surface area contributed by atoms with Crippen molar-refractivity contribution < 1.29 is 4.74 Å². The van der Waals surface area contributed by atoms with Gasteiger partial charge in [-0.2, -0.15) is 0 Å². The van der Waals surface area contributed by atoms with Crippen LogP contribution in [0.25, 0.3) is 0 Å². The second-order valence-corrected chi connectivity index (χ2v) is 5.60. The van der Waals surface area contributed by atoms with E-state index in [0.717, 1.165) is 17.9 Å². The predicted molar refractivity (Wildman–Crippen MR) is 86.8 cm³/mol. The lowest BCUT2D eigenvalue weighted by Crippen LogP contribution is -2.38. The Labute approximate surface area is 131 Å². The number of halogens is 1. The lowest BCUT2D eigenvalue weighted by molar-refractivity contribution is 0.188. The molecular formula is C17H21ClN2O. The van der Waals surface area contributed by atoms with Gasteiger partial charge in [-0.25, -0.2) is 0 Å². The maximum Gasteiger partial charge on any atom is 0.121 e. The molecule has 0 saturated carbocycles. The number of nitrogens with two attached hydrogens (primary N) is 1. The summed E-state index contributed by atoms with van der Waals surface area (Å²) < 4.78 is 5.84. The SMILES string of the molecule is CCc1ccc(CC(N)C(C)Oc2cccc(Cl)c2)nc1. The third-order valence-electron chi connectivity index (χ3n) is 3.46. The van der Waals surface area contributed by atoms with Gasteiger partial charge < -0.3 is 10.5 Å². The van der Waals surface area contributed by atoms with Crippen LogP contribution in [0.2, 0.25) is 5.02 Å². The van der Waals surface area contributed by atoms with Crippen molar-refractivity contribution in [3.63, 3.8) is 0 Å². The highest BCUT2D eigenvalue weighted by Gasteiger charge is 2.16. The number of hydrogen-bond acceptors (Lipinski definition) is 3. The van der Waals surface area contributed by atoms with Gasteiger partial charge in [-0.05, 0) is 43.2 Å². The Kier molecular flexibility index (Phi) is 5.59. The van der Waals surface area contributed by atoms with Crippen LogP contribution in [-0.2, 0) is 12.8 Å². The lowest BCUT2D eigenvalue weighted by Gasteiger charge is -2.21. The first-order valence-electron chi connectivity index (χ1n) is 7.20. The zero-order valence-corrected chi connectivity index (χ0v) is 13.2. The van der Waals surface area contributed by atoms with Crippen LogP contribution in [-0.4, -0.2) is 17.1 Å². The quantitative estimate of drug-likeness (QED) is 0.886. The van der Waals surface area contributed by atoms with Gasteiger partial charge in [0.05, 0.1) is 0 Å². The molecule has 0 saturated heterocycles. The van der Waals surface area contributed by atoms with Crippen LogP contribution < -0.4 is 10.5 Å². The van der Waals surface area contributed by atoms with Gasteiger partial charge in [0.1, 0.15) is 11.9 Å². The number of aromatic nitrogens is 1. The van der Waals surface area contributed by atoms with E-state index in [9.17, 15) is 0 Å². The first-order chi connectivity index (χ1) is 10.1. The monoisotopic (exact) mass is 304 g/mol. The fraction of sp³-hybridized carbons (Fsp3) is 0.353. The Morgan fingerprint density at radius 1 is 1.29 bits per heavy atom. The highest BCUT2D eigenvalue weighted by molar-refractivity contribution is 6.30. The molecule has 2 rings (SSSR count). The zero-order valence-electron chi connectivity index (χ0n) is 12.4. The second-order valence-electron chi connectivity index (χ2n) is 5.16. The molecule has 0 amide bonds. The number of hydrogen-bond donors (Lipinski definition) is 1. The van der Waals surface area contributed by atoms with Crippen molar-refractivity contribution in [3.8, 4) is 5.75 Å². The Hall–Kier alpha value is -1.58. The van der Waals surface area contributed by atoms with Gasteiger partial charge in [0.2, 0.25) is 0 Å². The van der Waals surface area contributed by atoms with Crippen LogP contribution in [0.4, 0.5) is 0 Å². The van der Waals surface area contributed by atoms with Crippen LogP contribution in [0.15, 0.2) is 42.6 Å². The van der Waals surface area contributed by atoms with E-state index in [-0.39, 0.29) is 12.1 Å². The molecule has 1 aromatic carbocycles. The molecule has 0 aliphatic rings. The second kappa shape index (κ2) is 7.43. The van der Waals surface area contributed by atoms with Gasteiger partial charge in [-0.3, -0.25) is 4.98 Å². The normalized spacial score (nSPS) is 13.7. The maximum absolute atomic E-state index is 6.21. The average Bonchev–Trinajstić information content (AvgIpc) is 2.48. The summed E-state index contributed by atoms with van der Waals surface area (Å²) in [6.07, 6.45) is 3.47. The Morgan fingerprint density at radius 2 is 2.10 bits per heavy atom. The molecule has 0 aliphatic heterocycles. The molecule has 21 heavy (non-hydrogen) atoms. The van der Waals surface area contributed by atoms with Crippen LogP contribution in [0, 0.1) is 0 Å². The largest absolute Gasteiger partial charge is 0.489 e. The van der Waals surface area contributed by atoms with Gasteiger partial charge in [0.15, 0.2) is 0 Å². The van der Waals surface area contributed by atoms with Crippen molar-refractivity contribution >= 4 is 11.6 Å². The van der Waals surface area contributed by atoms with Gasteiger partial charge in [-0.15, -0.1) is 0 Å². The van der Waals surface area contributed by atoms with E-state index in [4.69, 9.17) is 22.1 Å². The molecule has 2 unspecified atom stereocenters. The Morgan fingerprint density at radius 3 is 2.71 bits per heavy atom. The van der Waals surface area contributed by atoms with E-state index >= 15 is 0 Å². The van der Waals surface area contributed by atoms with Gasteiger partial charge >= 0.3 is 0 Å². The maximum atomic E-state index is 6.21. The van der Waals surface area contributed by atoms with Crippen LogP contribution in [0.1, 0.15) is 25.1 Å². The molecule has 0 bridgehead atoms. The molecule has 0 spiro atoms. The highest BCUT2D eigenvalue weighted by atomic mass is 35.5. The van der Waals surface area contributed by atoms with Crippen molar-refractivity contribution in [1.82, 2.24) is 4.98 Å². The van der Waals surface area contributed by atoms with Gasteiger partial charge in [0.25, 0.3) is 0 Å². The smallest absolute Gasteiger partial charge is 0.121 e. The fourth-order valence-electron chi connectivity index (χ4n) is 2.03. The number of nitrogens with zero attached hydrogens (tertiary/aromatic N) is 1. The van der Waals surface area contributed by atoms with E-state index in [1.807, 2.05) is 37.4 Å². The number of rotatable bonds is 6. The summed E-state index contributed by atoms with van der Waals surface area (Å²) in [6.45, 7) is 4.08. The topological polar surface area (TPSA) is 48.1 Å². The molecule has 0 radical (unpaired) electrons. The van der Waals surface area contributed by atoms with Crippen molar-refractivity contribution in [2.24, 2.45) is 5.73 Å². The van der Waals surface area contributed by atoms with E-state index in [2.05, 4.69) is 18.0 Å². The summed E-state index contributed by atoms with van der Waals surface area (Å²) >= 11 is 5.94. The molecule has 0 fully saturated rings. The van der Waals surface area contributed by atoms with Crippen molar-refractivity contribution in [1.29, 1.82) is 0 Å². The molecular weight excluding hydrogens is 284 g/mol. The first-order valence-corrected chi connectivity index (χ1v) is 7.58. The van der Waals surface area contributed by atoms with E-state index in [1.54, 1.807) is 6.07 Å². The fourth-order valence-corrected chi connectivity index (χ4v) is 2.22. The molecule has 112 valence electrons. The summed E-state index contributed by atoms with van der Waals surface area (Å²) in [5.41, 5.74) is 8.43. The van der Waals surface area contributed by atoms with Crippen molar-refractivity contribution in [2.45, 2.75) is 38.8 Å².